The van der Waals surface area contributed by atoms with Gasteiger partial charge in [-0.2, -0.15) is 0 Å². The van der Waals surface area contributed by atoms with Crippen molar-refractivity contribution < 1.29 is 0 Å². The Labute approximate surface area is 113 Å². The first-order valence-electron chi connectivity index (χ1n) is 5.91. The van der Waals surface area contributed by atoms with E-state index in [1.54, 1.807) is 0 Å². The molecule has 0 fully saturated rings. The fraction of sp³-hybridized carbons (Fsp3) is 0.333. The third-order valence-corrected chi connectivity index (χ3v) is 3.66. The molecule has 0 heterocycles. The normalized spacial score (nSPS) is 13.2. The summed E-state index contributed by atoms with van der Waals surface area (Å²) < 4.78 is 0. The lowest BCUT2D eigenvalue weighted by molar-refractivity contribution is 0.576. The van der Waals surface area contributed by atoms with Crippen molar-refractivity contribution in [1.29, 1.82) is 0 Å². The summed E-state index contributed by atoms with van der Waals surface area (Å²) in [6.45, 7) is 4.38. The average Bonchev–Trinajstić information content (AvgIpc) is 2.29. The maximum Gasteiger partial charge on any atom is 0.0593 e. The van der Waals surface area contributed by atoms with Gasteiger partial charge in [-0.1, -0.05) is 55.8 Å². The van der Waals surface area contributed by atoms with Crippen molar-refractivity contribution in [3.8, 4) is 0 Å². The Kier molecular flexibility index (Phi) is 3.96. The summed E-state index contributed by atoms with van der Waals surface area (Å²) >= 11 is 12.7. The van der Waals surface area contributed by atoms with Crippen LogP contribution in [-0.2, 0) is 0 Å². The van der Waals surface area contributed by atoms with E-state index in [2.05, 4.69) is 19.9 Å². The minimum absolute atomic E-state index is 0.0529. The highest BCUT2D eigenvalue weighted by atomic mass is 35.5. The standard InChI is InChI=1S/C15H16Cl2/c1-10(2)9-15(17)13-7-8-14(16)12-6-4-3-5-11(12)13/h3-8,10,15H,9H2,1-2H3. The molecule has 17 heavy (non-hydrogen) atoms. The van der Waals surface area contributed by atoms with E-state index in [0.29, 0.717) is 5.92 Å². The highest BCUT2D eigenvalue weighted by molar-refractivity contribution is 6.35. The van der Waals surface area contributed by atoms with Crippen LogP contribution in [-0.4, -0.2) is 0 Å². The smallest absolute Gasteiger partial charge is 0.0593 e. The van der Waals surface area contributed by atoms with Gasteiger partial charge in [0.1, 0.15) is 0 Å². The molecule has 0 aliphatic heterocycles. The number of hydrogen-bond acceptors (Lipinski definition) is 0. The van der Waals surface area contributed by atoms with Gasteiger partial charge in [-0.25, -0.2) is 0 Å². The lowest BCUT2D eigenvalue weighted by Gasteiger charge is -2.15. The molecule has 2 aromatic rings. The first kappa shape index (κ1) is 12.7. The van der Waals surface area contributed by atoms with Crippen molar-refractivity contribution >= 4 is 34.0 Å². The van der Waals surface area contributed by atoms with Gasteiger partial charge in [0.25, 0.3) is 0 Å². The minimum Gasteiger partial charge on any atom is -0.118 e. The van der Waals surface area contributed by atoms with Crippen LogP contribution >= 0.6 is 23.2 Å². The molecule has 0 spiro atoms. The second-order valence-corrected chi connectivity index (χ2v) is 5.71. The number of halogens is 2. The summed E-state index contributed by atoms with van der Waals surface area (Å²) in [6, 6.07) is 12.1. The molecule has 0 nitrogen and oxygen atoms in total. The number of alkyl halides is 1. The molecule has 2 heteroatoms. The van der Waals surface area contributed by atoms with Gasteiger partial charge in [0.15, 0.2) is 0 Å². The monoisotopic (exact) mass is 266 g/mol. The van der Waals surface area contributed by atoms with Crippen LogP contribution < -0.4 is 0 Å². The fourth-order valence-corrected chi connectivity index (χ4v) is 2.87. The van der Waals surface area contributed by atoms with E-state index in [-0.39, 0.29) is 5.38 Å². The SMILES string of the molecule is CC(C)CC(Cl)c1ccc(Cl)c2ccccc12. The third kappa shape index (κ3) is 2.75. The zero-order chi connectivity index (χ0) is 12.4. The topological polar surface area (TPSA) is 0 Å². The molecule has 0 amide bonds. The summed E-state index contributed by atoms with van der Waals surface area (Å²) in [7, 11) is 0. The molecule has 90 valence electrons. The third-order valence-electron chi connectivity index (χ3n) is 2.92. The van der Waals surface area contributed by atoms with Gasteiger partial charge < -0.3 is 0 Å². The van der Waals surface area contributed by atoms with Gasteiger partial charge in [0.05, 0.1) is 5.38 Å². The quantitative estimate of drug-likeness (QED) is 0.615. The van der Waals surface area contributed by atoms with Crippen molar-refractivity contribution in [3.63, 3.8) is 0 Å². The molecular formula is C15H16Cl2. The molecule has 2 aromatic carbocycles. The molecule has 0 N–H and O–H groups in total. The predicted octanol–water partition coefficient (Wildman–Crippen LogP) is 5.82. The maximum atomic E-state index is 6.49. The van der Waals surface area contributed by atoms with Crippen LogP contribution in [0, 0.1) is 5.92 Å². The Morgan fingerprint density at radius 3 is 2.29 bits per heavy atom. The molecule has 0 aromatic heterocycles. The maximum absolute atomic E-state index is 6.49. The fourth-order valence-electron chi connectivity index (χ4n) is 2.10. The van der Waals surface area contributed by atoms with E-state index in [0.717, 1.165) is 16.8 Å². The molecule has 1 unspecified atom stereocenters. The van der Waals surface area contributed by atoms with Crippen molar-refractivity contribution in [2.45, 2.75) is 25.6 Å². The van der Waals surface area contributed by atoms with Gasteiger partial charge in [-0.05, 0) is 29.4 Å². The summed E-state index contributed by atoms with van der Waals surface area (Å²) in [4.78, 5) is 0. The van der Waals surface area contributed by atoms with Crippen LogP contribution in [0.15, 0.2) is 36.4 Å². The van der Waals surface area contributed by atoms with Gasteiger partial charge in [-0.3, -0.25) is 0 Å². The van der Waals surface area contributed by atoms with E-state index in [9.17, 15) is 0 Å². The largest absolute Gasteiger partial charge is 0.118 e. The number of benzene rings is 2. The number of hydrogen-bond donors (Lipinski definition) is 0. The Morgan fingerprint density at radius 2 is 1.65 bits per heavy atom. The van der Waals surface area contributed by atoms with Crippen LogP contribution in [0.3, 0.4) is 0 Å². The Balaban J connectivity index is 2.51. The first-order chi connectivity index (χ1) is 8.09. The molecule has 0 saturated carbocycles. The Morgan fingerprint density at radius 1 is 1.00 bits per heavy atom. The lowest BCUT2D eigenvalue weighted by Crippen LogP contribution is -1.97. The molecule has 0 bridgehead atoms. The second-order valence-electron chi connectivity index (χ2n) is 4.78. The van der Waals surface area contributed by atoms with Crippen molar-refractivity contribution in [2.24, 2.45) is 5.92 Å². The zero-order valence-corrected chi connectivity index (χ0v) is 11.6. The Hall–Kier alpha value is -0.720. The van der Waals surface area contributed by atoms with Crippen LogP contribution in [0.1, 0.15) is 31.2 Å². The average molecular weight is 267 g/mol. The summed E-state index contributed by atoms with van der Waals surface area (Å²) in [6.07, 6.45) is 0.979. The zero-order valence-electron chi connectivity index (χ0n) is 10.1. The van der Waals surface area contributed by atoms with Crippen molar-refractivity contribution in [3.05, 3.63) is 47.0 Å². The summed E-state index contributed by atoms with van der Waals surface area (Å²) in [5.41, 5.74) is 1.18. The van der Waals surface area contributed by atoms with E-state index < -0.39 is 0 Å². The van der Waals surface area contributed by atoms with Gasteiger partial charge in [0, 0.05) is 10.4 Å². The molecule has 2 rings (SSSR count). The minimum atomic E-state index is 0.0529. The van der Waals surface area contributed by atoms with E-state index in [4.69, 9.17) is 23.2 Å². The van der Waals surface area contributed by atoms with Gasteiger partial charge in [-0.15, -0.1) is 11.6 Å². The molecule has 0 radical (unpaired) electrons. The van der Waals surface area contributed by atoms with Crippen LogP contribution in [0.25, 0.3) is 10.8 Å². The Bertz CT molecular complexity index is 517. The predicted molar refractivity (Wildman–Crippen MR) is 77.0 cm³/mol. The van der Waals surface area contributed by atoms with Gasteiger partial charge >= 0.3 is 0 Å². The number of fused-ring (bicyclic) bond motifs is 1. The van der Waals surface area contributed by atoms with Crippen LogP contribution in [0.5, 0.6) is 0 Å². The highest BCUT2D eigenvalue weighted by Crippen LogP contribution is 2.35. The number of rotatable bonds is 3. The highest BCUT2D eigenvalue weighted by Gasteiger charge is 2.14. The molecule has 0 saturated heterocycles. The van der Waals surface area contributed by atoms with Crippen molar-refractivity contribution in [2.75, 3.05) is 0 Å². The molecule has 0 aliphatic rings. The van der Waals surface area contributed by atoms with E-state index in [1.165, 1.54) is 10.9 Å². The molecule has 1 atom stereocenters. The molecular weight excluding hydrogens is 251 g/mol. The first-order valence-corrected chi connectivity index (χ1v) is 6.72. The lowest BCUT2D eigenvalue weighted by atomic mass is 9.97. The van der Waals surface area contributed by atoms with Crippen molar-refractivity contribution in [1.82, 2.24) is 0 Å². The van der Waals surface area contributed by atoms with E-state index in [1.807, 2.05) is 30.3 Å². The molecule has 0 aliphatic carbocycles. The van der Waals surface area contributed by atoms with Crippen LogP contribution in [0.4, 0.5) is 0 Å². The summed E-state index contributed by atoms with van der Waals surface area (Å²) in [5, 5.41) is 3.09. The summed E-state index contributed by atoms with van der Waals surface area (Å²) in [5.74, 6) is 0.590. The van der Waals surface area contributed by atoms with Crippen LogP contribution in [0.2, 0.25) is 5.02 Å². The second kappa shape index (κ2) is 5.29. The van der Waals surface area contributed by atoms with Gasteiger partial charge in [0.2, 0.25) is 0 Å². The van der Waals surface area contributed by atoms with E-state index >= 15 is 0 Å².